The van der Waals surface area contributed by atoms with E-state index in [-0.39, 0.29) is 6.61 Å². The molecule has 220 valence electrons. The molecule has 9 nitrogen and oxygen atoms in total. The number of hydrogen-bond acceptors (Lipinski definition) is 9. The van der Waals surface area contributed by atoms with Gasteiger partial charge in [0.1, 0.15) is 19.0 Å². The Kier molecular flexibility index (Phi) is 13.8. The average Bonchev–Trinajstić information content (AvgIpc) is 3.35. The minimum atomic E-state index is -0.219. The summed E-state index contributed by atoms with van der Waals surface area (Å²) in [6, 6.07) is 9.43. The van der Waals surface area contributed by atoms with E-state index in [0.29, 0.717) is 100 Å². The van der Waals surface area contributed by atoms with Crippen molar-refractivity contribution in [2.75, 3.05) is 73.2 Å². The van der Waals surface area contributed by atoms with E-state index in [4.69, 9.17) is 37.6 Å². The van der Waals surface area contributed by atoms with E-state index in [0.717, 1.165) is 16.5 Å². The second-order valence-corrected chi connectivity index (χ2v) is 8.59. The molecule has 9 heteroatoms. The van der Waals surface area contributed by atoms with Gasteiger partial charge in [0.2, 0.25) is 0 Å². The molecule has 0 aliphatic rings. The van der Waals surface area contributed by atoms with Gasteiger partial charge in [0, 0.05) is 36.3 Å². The predicted octanol–water partition coefficient (Wildman–Crippen LogP) is 5.50. The normalized spacial score (nSPS) is 11.5. The van der Waals surface area contributed by atoms with E-state index in [9.17, 15) is 5.11 Å². The van der Waals surface area contributed by atoms with Crippen LogP contribution in [0.15, 0.2) is 40.8 Å². The summed E-state index contributed by atoms with van der Waals surface area (Å²) in [5.74, 6) is 2.26. The monoisotopic (exact) mass is 558 g/mol. The molecule has 0 aliphatic carbocycles. The van der Waals surface area contributed by atoms with Crippen LogP contribution in [0.25, 0.3) is 28.4 Å². The van der Waals surface area contributed by atoms with Gasteiger partial charge in [0.05, 0.1) is 46.8 Å². The molecule has 0 saturated carbocycles. The lowest BCUT2D eigenvalue weighted by Crippen LogP contribution is -2.07. The predicted molar refractivity (Wildman–Crippen MR) is 154 cm³/mol. The Balaban J connectivity index is 1.92. The molecule has 0 fully saturated rings. The summed E-state index contributed by atoms with van der Waals surface area (Å²) in [6.45, 7) is 10.8. The Morgan fingerprint density at radius 1 is 0.750 bits per heavy atom. The molecule has 40 heavy (non-hydrogen) atoms. The molecule has 1 N–H and O–H groups in total. The van der Waals surface area contributed by atoms with Crippen molar-refractivity contribution >= 4 is 17.0 Å². The minimum Gasteiger partial charge on any atom is -0.493 e. The molecule has 2 aromatic carbocycles. The van der Waals surface area contributed by atoms with E-state index in [1.807, 2.05) is 63.3 Å². The van der Waals surface area contributed by atoms with Crippen molar-refractivity contribution in [3.8, 4) is 28.6 Å². The SMILES string of the molecule is CCOCCOC/C=C/c1cc(OCCOCC)c2oc(-c3ccc(OCCOCC)c(OC)c3)c(CO)c2c1. The summed E-state index contributed by atoms with van der Waals surface area (Å²) >= 11 is 0. The molecule has 0 bridgehead atoms. The van der Waals surface area contributed by atoms with Crippen molar-refractivity contribution in [2.45, 2.75) is 27.4 Å². The maximum absolute atomic E-state index is 10.4. The number of benzene rings is 2. The number of hydrogen-bond donors (Lipinski definition) is 1. The molecule has 0 spiro atoms. The zero-order valence-corrected chi connectivity index (χ0v) is 24.0. The van der Waals surface area contributed by atoms with Crippen LogP contribution in [0.2, 0.25) is 0 Å². The quantitative estimate of drug-likeness (QED) is 0.180. The standard InChI is InChI=1S/C31H42O9/c1-5-34-13-14-37-12-8-9-23-19-25-26(22-32)30(40-31(25)29(20-23)39-18-16-36-7-3)24-10-11-27(28(21-24)33-4)38-17-15-35-6-2/h8-11,19-21,32H,5-7,12-18,22H2,1-4H3/b9-8+. The number of methoxy groups -OCH3 is 1. The van der Waals surface area contributed by atoms with Crippen LogP contribution < -0.4 is 14.2 Å². The van der Waals surface area contributed by atoms with E-state index < -0.39 is 0 Å². The molecule has 1 aromatic heterocycles. The van der Waals surface area contributed by atoms with Crippen LogP contribution in [0.3, 0.4) is 0 Å². The fourth-order valence-corrected chi connectivity index (χ4v) is 4.07. The zero-order chi connectivity index (χ0) is 28.6. The highest BCUT2D eigenvalue weighted by Crippen LogP contribution is 2.41. The van der Waals surface area contributed by atoms with Gasteiger partial charge in [0.15, 0.2) is 22.8 Å². The summed E-state index contributed by atoms with van der Waals surface area (Å²) < 4.78 is 45.5. The van der Waals surface area contributed by atoms with Crippen LogP contribution in [0.1, 0.15) is 31.9 Å². The number of aliphatic hydroxyl groups is 1. The van der Waals surface area contributed by atoms with Crippen molar-refractivity contribution < 1.29 is 42.7 Å². The average molecular weight is 559 g/mol. The molecule has 1 heterocycles. The van der Waals surface area contributed by atoms with Gasteiger partial charge in [-0.15, -0.1) is 0 Å². The molecule has 0 saturated heterocycles. The highest BCUT2D eigenvalue weighted by Gasteiger charge is 2.21. The Morgan fingerprint density at radius 2 is 1.40 bits per heavy atom. The maximum Gasteiger partial charge on any atom is 0.177 e. The third kappa shape index (κ3) is 8.97. The fourth-order valence-electron chi connectivity index (χ4n) is 4.07. The number of furan rings is 1. The van der Waals surface area contributed by atoms with Crippen LogP contribution in [-0.2, 0) is 25.6 Å². The van der Waals surface area contributed by atoms with Gasteiger partial charge in [-0.1, -0.05) is 12.2 Å². The number of rotatable bonds is 20. The second-order valence-electron chi connectivity index (χ2n) is 8.59. The topological polar surface area (TPSA) is 98.0 Å². The van der Waals surface area contributed by atoms with Gasteiger partial charge in [-0.3, -0.25) is 0 Å². The van der Waals surface area contributed by atoms with E-state index >= 15 is 0 Å². The molecule has 3 aromatic rings. The molecule has 3 rings (SSSR count). The first kappa shape index (κ1) is 31.4. The lowest BCUT2D eigenvalue weighted by atomic mass is 10.0. The van der Waals surface area contributed by atoms with Gasteiger partial charge >= 0.3 is 0 Å². The molecule has 0 amide bonds. The molecular formula is C31H42O9. The van der Waals surface area contributed by atoms with Crippen molar-refractivity contribution in [3.05, 3.63) is 47.5 Å². The summed E-state index contributed by atoms with van der Waals surface area (Å²) in [5.41, 5.74) is 2.84. The van der Waals surface area contributed by atoms with E-state index in [1.54, 1.807) is 7.11 Å². The largest absolute Gasteiger partial charge is 0.493 e. The van der Waals surface area contributed by atoms with Crippen LogP contribution in [0, 0.1) is 0 Å². The lowest BCUT2D eigenvalue weighted by Gasteiger charge is -2.12. The van der Waals surface area contributed by atoms with Crippen molar-refractivity contribution in [1.82, 2.24) is 0 Å². The molecule has 0 unspecified atom stereocenters. The first-order valence-electron chi connectivity index (χ1n) is 13.8. The first-order chi connectivity index (χ1) is 19.7. The van der Waals surface area contributed by atoms with E-state index in [2.05, 4.69) is 0 Å². The van der Waals surface area contributed by atoms with Gasteiger partial charge in [-0.05, 0) is 56.7 Å². The minimum absolute atomic E-state index is 0.219. The first-order valence-corrected chi connectivity index (χ1v) is 13.8. The Hall–Kier alpha value is -3.08. The fraction of sp³-hybridized carbons (Fsp3) is 0.484. The van der Waals surface area contributed by atoms with Gasteiger partial charge in [-0.2, -0.15) is 0 Å². The molecular weight excluding hydrogens is 516 g/mol. The van der Waals surface area contributed by atoms with Crippen molar-refractivity contribution in [2.24, 2.45) is 0 Å². The molecule has 0 radical (unpaired) electrons. The number of ether oxygens (including phenoxy) is 7. The third-order valence-electron chi connectivity index (χ3n) is 5.94. The smallest absolute Gasteiger partial charge is 0.177 e. The van der Waals surface area contributed by atoms with Gasteiger partial charge in [0.25, 0.3) is 0 Å². The maximum atomic E-state index is 10.4. The zero-order valence-electron chi connectivity index (χ0n) is 24.0. The second kappa shape index (κ2) is 17.6. The number of aliphatic hydroxyl groups excluding tert-OH is 1. The summed E-state index contributed by atoms with van der Waals surface area (Å²) in [4.78, 5) is 0. The van der Waals surface area contributed by atoms with Crippen molar-refractivity contribution in [3.63, 3.8) is 0 Å². The summed E-state index contributed by atoms with van der Waals surface area (Å²) in [5, 5.41) is 11.2. The van der Waals surface area contributed by atoms with E-state index in [1.165, 1.54) is 0 Å². The third-order valence-corrected chi connectivity index (χ3v) is 5.94. The van der Waals surface area contributed by atoms with Gasteiger partial charge in [-0.25, -0.2) is 0 Å². The molecule has 0 aliphatic heterocycles. The van der Waals surface area contributed by atoms with Gasteiger partial charge < -0.3 is 42.7 Å². The summed E-state index contributed by atoms with van der Waals surface area (Å²) in [7, 11) is 1.59. The Labute approximate surface area is 236 Å². The Bertz CT molecular complexity index is 1190. The van der Waals surface area contributed by atoms with Crippen LogP contribution in [0.5, 0.6) is 17.2 Å². The highest BCUT2D eigenvalue weighted by atomic mass is 16.5. The van der Waals surface area contributed by atoms with Crippen LogP contribution >= 0.6 is 0 Å². The summed E-state index contributed by atoms with van der Waals surface area (Å²) in [6.07, 6.45) is 3.90. The van der Waals surface area contributed by atoms with Crippen molar-refractivity contribution in [1.29, 1.82) is 0 Å². The molecule has 0 atom stereocenters. The van der Waals surface area contributed by atoms with Crippen LogP contribution in [-0.4, -0.2) is 78.3 Å². The Morgan fingerprint density at radius 3 is 2.05 bits per heavy atom. The lowest BCUT2D eigenvalue weighted by molar-refractivity contribution is 0.0645. The van der Waals surface area contributed by atoms with Crippen LogP contribution in [0.4, 0.5) is 0 Å². The number of fused-ring (bicyclic) bond motifs is 1. The highest BCUT2D eigenvalue weighted by molar-refractivity contribution is 5.93.